The number of nitrogen functional groups attached to an aromatic ring is 1. The van der Waals surface area contributed by atoms with Gasteiger partial charge in [0.25, 0.3) is 0 Å². The number of nitrogens with zero attached hydrogens (tertiary/aromatic N) is 1. The van der Waals surface area contributed by atoms with E-state index >= 15 is 0 Å². The van der Waals surface area contributed by atoms with Crippen LogP contribution in [-0.2, 0) is 0 Å². The van der Waals surface area contributed by atoms with Gasteiger partial charge in [-0.3, -0.25) is 4.99 Å². The molecule has 3 N–H and O–H groups in total. The zero-order valence-electron chi connectivity index (χ0n) is 7.05. The van der Waals surface area contributed by atoms with Crippen LogP contribution < -0.4 is 11.1 Å². The van der Waals surface area contributed by atoms with Gasteiger partial charge in [0.15, 0.2) is 0 Å². The van der Waals surface area contributed by atoms with Gasteiger partial charge in [0.2, 0.25) is 0 Å². The van der Waals surface area contributed by atoms with E-state index in [1.807, 2.05) is 18.2 Å². The third-order valence-corrected chi connectivity index (χ3v) is 2.44. The second-order valence-electron chi connectivity index (χ2n) is 2.89. The number of nitrogens with one attached hydrogen (secondary N) is 1. The number of aliphatic imine (C=N–C) groups is 1. The molecule has 0 fully saturated rings. The molecule has 1 aliphatic heterocycles. The van der Waals surface area contributed by atoms with Crippen LogP contribution in [0.3, 0.4) is 0 Å². The van der Waals surface area contributed by atoms with Crippen molar-refractivity contribution in [3.05, 3.63) is 28.2 Å². The summed E-state index contributed by atoms with van der Waals surface area (Å²) in [5.41, 5.74) is 7.57. The van der Waals surface area contributed by atoms with Gasteiger partial charge in [-0.05, 0) is 18.2 Å². The molecule has 0 amide bonds. The average Bonchev–Trinajstić information content (AvgIpc) is 2.61. The zero-order chi connectivity index (χ0) is 9.26. The van der Waals surface area contributed by atoms with E-state index in [1.54, 1.807) is 0 Å². The minimum Gasteiger partial charge on any atom is -0.398 e. The lowest BCUT2D eigenvalue weighted by atomic mass is 10.1. The molecule has 0 unspecified atom stereocenters. The first-order chi connectivity index (χ1) is 6.27. The highest BCUT2D eigenvalue weighted by Crippen LogP contribution is 2.19. The molecule has 1 aromatic carbocycles. The minimum atomic E-state index is 0.761. The van der Waals surface area contributed by atoms with Crippen molar-refractivity contribution >= 4 is 27.5 Å². The number of benzene rings is 1. The molecule has 0 radical (unpaired) electrons. The van der Waals surface area contributed by atoms with Crippen molar-refractivity contribution in [1.29, 1.82) is 0 Å². The van der Waals surface area contributed by atoms with Crippen LogP contribution in [0.2, 0.25) is 0 Å². The summed E-state index contributed by atoms with van der Waals surface area (Å²) >= 11 is 3.41. The summed E-state index contributed by atoms with van der Waals surface area (Å²) in [6, 6.07) is 5.78. The Bertz CT molecular complexity index is 360. The maximum atomic E-state index is 5.83. The maximum absolute atomic E-state index is 5.83. The largest absolute Gasteiger partial charge is 0.398 e. The van der Waals surface area contributed by atoms with Crippen LogP contribution in [0.4, 0.5) is 5.69 Å². The van der Waals surface area contributed by atoms with Crippen molar-refractivity contribution in [3.8, 4) is 0 Å². The smallest absolute Gasteiger partial charge is 0.130 e. The normalized spacial score (nSPS) is 15.3. The first-order valence-electron chi connectivity index (χ1n) is 4.11. The second-order valence-corrected chi connectivity index (χ2v) is 3.80. The van der Waals surface area contributed by atoms with E-state index in [-0.39, 0.29) is 0 Å². The predicted octanol–water partition coefficient (Wildman–Crippen LogP) is 1.38. The predicted molar refractivity (Wildman–Crippen MR) is 58.0 cm³/mol. The Morgan fingerprint density at radius 2 is 2.31 bits per heavy atom. The molecule has 1 heterocycles. The van der Waals surface area contributed by atoms with Gasteiger partial charge in [-0.2, -0.15) is 0 Å². The van der Waals surface area contributed by atoms with Crippen LogP contribution in [0.5, 0.6) is 0 Å². The standard InChI is InChI=1S/C9H10BrN3/c10-6-1-2-8(11)7(5-6)9-12-3-4-13-9/h1-2,5H,3-4,11H2,(H,12,13). The van der Waals surface area contributed by atoms with Crippen LogP contribution in [0, 0.1) is 0 Å². The van der Waals surface area contributed by atoms with Crippen LogP contribution in [0.15, 0.2) is 27.7 Å². The Morgan fingerprint density at radius 3 is 3.00 bits per heavy atom. The SMILES string of the molecule is Nc1ccc(Br)cc1C1=NCCN1. The van der Waals surface area contributed by atoms with Gasteiger partial charge < -0.3 is 11.1 Å². The summed E-state index contributed by atoms with van der Waals surface area (Å²) in [6.45, 7) is 1.74. The quantitative estimate of drug-likeness (QED) is 0.728. The highest BCUT2D eigenvalue weighted by atomic mass is 79.9. The van der Waals surface area contributed by atoms with E-state index < -0.39 is 0 Å². The van der Waals surface area contributed by atoms with Crippen molar-refractivity contribution in [2.24, 2.45) is 4.99 Å². The lowest BCUT2D eigenvalue weighted by molar-refractivity contribution is 0.960. The third-order valence-electron chi connectivity index (χ3n) is 1.94. The molecule has 13 heavy (non-hydrogen) atoms. The number of amidine groups is 1. The van der Waals surface area contributed by atoms with E-state index in [2.05, 4.69) is 26.2 Å². The van der Waals surface area contributed by atoms with Gasteiger partial charge in [0, 0.05) is 22.3 Å². The zero-order valence-corrected chi connectivity index (χ0v) is 8.63. The Kier molecular flexibility index (Phi) is 2.22. The molecule has 1 aromatic rings. The van der Waals surface area contributed by atoms with E-state index in [0.717, 1.165) is 34.6 Å². The number of halogens is 1. The lowest BCUT2D eigenvalue weighted by Gasteiger charge is -2.06. The summed E-state index contributed by atoms with van der Waals surface area (Å²) in [7, 11) is 0. The maximum Gasteiger partial charge on any atom is 0.130 e. The summed E-state index contributed by atoms with van der Waals surface area (Å²) in [4.78, 5) is 4.31. The van der Waals surface area contributed by atoms with Gasteiger partial charge in [-0.1, -0.05) is 15.9 Å². The third kappa shape index (κ3) is 1.67. The van der Waals surface area contributed by atoms with Crippen LogP contribution in [0.25, 0.3) is 0 Å². The average molecular weight is 240 g/mol. The van der Waals surface area contributed by atoms with Gasteiger partial charge in [-0.15, -0.1) is 0 Å². The Balaban J connectivity index is 2.43. The molecule has 3 nitrogen and oxygen atoms in total. The van der Waals surface area contributed by atoms with E-state index in [0.29, 0.717) is 0 Å². The molecule has 0 spiro atoms. The van der Waals surface area contributed by atoms with Gasteiger partial charge in [-0.25, -0.2) is 0 Å². The molecule has 0 atom stereocenters. The number of rotatable bonds is 1. The van der Waals surface area contributed by atoms with E-state index in [4.69, 9.17) is 5.73 Å². The first-order valence-corrected chi connectivity index (χ1v) is 4.90. The van der Waals surface area contributed by atoms with Crippen molar-refractivity contribution in [2.45, 2.75) is 0 Å². The molecule has 2 rings (SSSR count). The molecule has 68 valence electrons. The van der Waals surface area contributed by atoms with Crippen LogP contribution >= 0.6 is 15.9 Å². The number of hydrogen-bond acceptors (Lipinski definition) is 3. The Hall–Kier alpha value is -1.03. The fourth-order valence-corrected chi connectivity index (χ4v) is 1.67. The number of hydrogen-bond donors (Lipinski definition) is 2. The highest BCUT2D eigenvalue weighted by Gasteiger charge is 2.10. The second kappa shape index (κ2) is 3.38. The van der Waals surface area contributed by atoms with Crippen molar-refractivity contribution in [1.82, 2.24) is 5.32 Å². The van der Waals surface area contributed by atoms with Gasteiger partial charge in [0.1, 0.15) is 5.84 Å². The van der Waals surface area contributed by atoms with Gasteiger partial charge >= 0.3 is 0 Å². The minimum absolute atomic E-state index is 0.761. The highest BCUT2D eigenvalue weighted by molar-refractivity contribution is 9.10. The van der Waals surface area contributed by atoms with Crippen LogP contribution in [-0.4, -0.2) is 18.9 Å². The van der Waals surface area contributed by atoms with E-state index in [9.17, 15) is 0 Å². The molecule has 4 heteroatoms. The molecule has 0 aliphatic carbocycles. The monoisotopic (exact) mass is 239 g/mol. The molecular weight excluding hydrogens is 230 g/mol. The number of nitrogens with two attached hydrogens (primary N) is 1. The summed E-state index contributed by atoms with van der Waals surface area (Å²) in [5, 5.41) is 3.19. The van der Waals surface area contributed by atoms with Crippen molar-refractivity contribution < 1.29 is 0 Å². The van der Waals surface area contributed by atoms with Crippen LogP contribution in [0.1, 0.15) is 5.56 Å². The molecule has 0 saturated carbocycles. The molecule has 1 aliphatic rings. The molecular formula is C9H10BrN3. The topological polar surface area (TPSA) is 50.4 Å². The molecule has 0 aromatic heterocycles. The van der Waals surface area contributed by atoms with Gasteiger partial charge in [0.05, 0.1) is 6.54 Å². The van der Waals surface area contributed by atoms with Crippen molar-refractivity contribution in [2.75, 3.05) is 18.8 Å². The summed E-state index contributed by atoms with van der Waals surface area (Å²) < 4.78 is 1.02. The fourth-order valence-electron chi connectivity index (χ4n) is 1.31. The molecule has 0 bridgehead atoms. The Labute approximate surface area is 85.2 Å². The van der Waals surface area contributed by atoms with Crippen molar-refractivity contribution in [3.63, 3.8) is 0 Å². The fraction of sp³-hybridized carbons (Fsp3) is 0.222. The lowest BCUT2D eigenvalue weighted by Crippen LogP contribution is -2.20. The first kappa shape index (κ1) is 8.56. The number of anilines is 1. The van der Waals surface area contributed by atoms with E-state index in [1.165, 1.54) is 0 Å². The molecule has 0 saturated heterocycles. The Morgan fingerprint density at radius 1 is 1.46 bits per heavy atom. The summed E-state index contributed by atoms with van der Waals surface area (Å²) in [5.74, 6) is 0.902. The summed E-state index contributed by atoms with van der Waals surface area (Å²) in [6.07, 6.45) is 0.